The molecule has 118 valence electrons. The molecule has 0 bridgehead atoms. The average molecular weight is 301 g/mol. The van der Waals surface area contributed by atoms with Crippen LogP contribution in [0.15, 0.2) is 42.5 Å². The van der Waals surface area contributed by atoms with E-state index in [0.717, 1.165) is 35.9 Å². The molecule has 0 heterocycles. The van der Waals surface area contributed by atoms with E-state index in [1.54, 1.807) is 14.2 Å². The maximum atomic E-state index is 5.71. The van der Waals surface area contributed by atoms with Crippen molar-refractivity contribution in [1.29, 1.82) is 0 Å². The van der Waals surface area contributed by atoms with Gasteiger partial charge in [-0.15, -0.1) is 0 Å². The normalized spacial score (nSPS) is 10.3. The molecule has 0 aliphatic heterocycles. The van der Waals surface area contributed by atoms with Gasteiger partial charge in [-0.3, -0.25) is 0 Å². The quantitative estimate of drug-likeness (QED) is 0.811. The van der Waals surface area contributed by atoms with Gasteiger partial charge < -0.3 is 19.5 Å². The van der Waals surface area contributed by atoms with Gasteiger partial charge in [0, 0.05) is 18.7 Å². The lowest BCUT2D eigenvalue weighted by Crippen LogP contribution is -2.14. The number of hydrogen-bond acceptors (Lipinski definition) is 4. The monoisotopic (exact) mass is 301 g/mol. The summed E-state index contributed by atoms with van der Waals surface area (Å²) in [7, 11) is 3.33. The Kier molecular flexibility index (Phi) is 6.10. The lowest BCUT2D eigenvalue weighted by molar-refractivity contribution is 0.306. The molecule has 1 N–H and O–H groups in total. The minimum absolute atomic E-state index is 0.617. The first-order chi connectivity index (χ1) is 10.8. The van der Waals surface area contributed by atoms with E-state index in [2.05, 4.69) is 23.5 Å². The molecule has 0 aromatic heterocycles. The second kappa shape index (κ2) is 8.29. The minimum Gasteiger partial charge on any atom is -0.497 e. The van der Waals surface area contributed by atoms with E-state index in [9.17, 15) is 0 Å². The summed E-state index contributed by atoms with van der Waals surface area (Å²) in [6.07, 6.45) is 0. The van der Waals surface area contributed by atoms with Crippen LogP contribution in [0.4, 0.5) is 0 Å². The highest BCUT2D eigenvalue weighted by Gasteiger charge is 2.09. The standard InChI is InChI=1S/C18H23NO3/c1-4-22-18-15(6-5-7-17(18)21-3)13-19-12-14-8-10-16(20-2)11-9-14/h5-11,19H,4,12-13H2,1-3H3. The van der Waals surface area contributed by atoms with Gasteiger partial charge in [0.15, 0.2) is 11.5 Å². The van der Waals surface area contributed by atoms with Crippen molar-refractivity contribution in [2.75, 3.05) is 20.8 Å². The van der Waals surface area contributed by atoms with Gasteiger partial charge in [-0.2, -0.15) is 0 Å². The Bertz CT molecular complexity index is 581. The van der Waals surface area contributed by atoms with E-state index < -0.39 is 0 Å². The fourth-order valence-corrected chi connectivity index (χ4v) is 2.25. The van der Waals surface area contributed by atoms with Gasteiger partial charge in [-0.05, 0) is 30.7 Å². The smallest absolute Gasteiger partial charge is 0.165 e. The Morgan fingerprint density at radius 3 is 2.32 bits per heavy atom. The first-order valence-electron chi connectivity index (χ1n) is 7.40. The molecule has 0 aliphatic rings. The van der Waals surface area contributed by atoms with Crippen molar-refractivity contribution in [2.45, 2.75) is 20.0 Å². The van der Waals surface area contributed by atoms with Gasteiger partial charge >= 0.3 is 0 Å². The van der Waals surface area contributed by atoms with Crippen molar-refractivity contribution in [2.24, 2.45) is 0 Å². The number of para-hydroxylation sites is 1. The Morgan fingerprint density at radius 1 is 0.909 bits per heavy atom. The summed E-state index contributed by atoms with van der Waals surface area (Å²) in [5.74, 6) is 2.45. The summed E-state index contributed by atoms with van der Waals surface area (Å²) >= 11 is 0. The molecule has 2 rings (SSSR count). The fourth-order valence-electron chi connectivity index (χ4n) is 2.25. The van der Waals surface area contributed by atoms with Crippen LogP contribution >= 0.6 is 0 Å². The maximum Gasteiger partial charge on any atom is 0.165 e. The lowest BCUT2D eigenvalue weighted by atomic mass is 10.1. The van der Waals surface area contributed by atoms with Crippen LogP contribution in [0.25, 0.3) is 0 Å². The highest BCUT2D eigenvalue weighted by molar-refractivity contribution is 5.46. The van der Waals surface area contributed by atoms with Crippen LogP contribution in [0.2, 0.25) is 0 Å². The molecule has 0 atom stereocenters. The maximum absolute atomic E-state index is 5.71. The van der Waals surface area contributed by atoms with Gasteiger partial charge in [-0.25, -0.2) is 0 Å². The largest absolute Gasteiger partial charge is 0.497 e. The molecule has 0 spiro atoms. The van der Waals surface area contributed by atoms with Crippen LogP contribution < -0.4 is 19.5 Å². The van der Waals surface area contributed by atoms with Gasteiger partial charge in [-0.1, -0.05) is 24.3 Å². The molecule has 2 aromatic rings. The molecule has 0 saturated heterocycles. The zero-order chi connectivity index (χ0) is 15.8. The lowest BCUT2D eigenvalue weighted by Gasteiger charge is -2.14. The SMILES string of the molecule is CCOc1c(CNCc2ccc(OC)cc2)cccc1OC. The summed E-state index contributed by atoms with van der Waals surface area (Å²) in [6, 6.07) is 14.0. The highest BCUT2D eigenvalue weighted by atomic mass is 16.5. The van der Waals surface area contributed by atoms with E-state index in [-0.39, 0.29) is 0 Å². The van der Waals surface area contributed by atoms with Crippen molar-refractivity contribution >= 4 is 0 Å². The number of methoxy groups -OCH3 is 2. The molecule has 4 heteroatoms. The van der Waals surface area contributed by atoms with Crippen LogP contribution in [0.3, 0.4) is 0 Å². The van der Waals surface area contributed by atoms with Crippen molar-refractivity contribution in [3.8, 4) is 17.2 Å². The molecule has 0 aliphatic carbocycles. The Labute approximate surface area is 132 Å². The Morgan fingerprint density at radius 2 is 1.68 bits per heavy atom. The summed E-state index contributed by atoms with van der Waals surface area (Å²) in [5, 5.41) is 3.43. The zero-order valence-electron chi connectivity index (χ0n) is 13.4. The summed E-state index contributed by atoms with van der Waals surface area (Å²) in [4.78, 5) is 0. The molecule has 22 heavy (non-hydrogen) atoms. The van der Waals surface area contributed by atoms with Crippen molar-refractivity contribution in [3.05, 3.63) is 53.6 Å². The second-order valence-electron chi connectivity index (χ2n) is 4.83. The highest BCUT2D eigenvalue weighted by Crippen LogP contribution is 2.31. The van der Waals surface area contributed by atoms with Crippen LogP contribution in [0, 0.1) is 0 Å². The number of rotatable bonds is 8. The van der Waals surface area contributed by atoms with Crippen molar-refractivity contribution in [1.82, 2.24) is 5.32 Å². The Balaban J connectivity index is 1.98. The van der Waals surface area contributed by atoms with Crippen LogP contribution in [0.5, 0.6) is 17.2 Å². The number of ether oxygens (including phenoxy) is 3. The predicted octanol–water partition coefficient (Wildman–Crippen LogP) is 3.39. The van der Waals surface area contributed by atoms with Crippen LogP contribution in [-0.4, -0.2) is 20.8 Å². The Hall–Kier alpha value is -2.20. The molecule has 0 radical (unpaired) electrons. The molecule has 0 amide bonds. The predicted molar refractivity (Wildman–Crippen MR) is 87.7 cm³/mol. The minimum atomic E-state index is 0.617. The van der Waals surface area contributed by atoms with E-state index in [1.165, 1.54) is 5.56 Å². The number of nitrogens with one attached hydrogen (secondary N) is 1. The summed E-state index contributed by atoms with van der Waals surface area (Å²) in [6.45, 7) is 4.10. The third kappa shape index (κ3) is 4.15. The van der Waals surface area contributed by atoms with Gasteiger partial charge in [0.1, 0.15) is 5.75 Å². The van der Waals surface area contributed by atoms with E-state index >= 15 is 0 Å². The van der Waals surface area contributed by atoms with Crippen molar-refractivity contribution in [3.63, 3.8) is 0 Å². The molecule has 0 unspecified atom stereocenters. The third-order valence-electron chi connectivity index (χ3n) is 3.37. The van der Waals surface area contributed by atoms with Crippen molar-refractivity contribution < 1.29 is 14.2 Å². The molecule has 4 nitrogen and oxygen atoms in total. The van der Waals surface area contributed by atoms with Gasteiger partial charge in [0.2, 0.25) is 0 Å². The van der Waals surface area contributed by atoms with Gasteiger partial charge in [0.05, 0.1) is 20.8 Å². The number of benzene rings is 2. The first-order valence-corrected chi connectivity index (χ1v) is 7.40. The van der Waals surface area contributed by atoms with E-state index in [0.29, 0.717) is 6.61 Å². The van der Waals surface area contributed by atoms with Crippen LogP contribution in [-0.2, 0) is 13.1 Å². The topological polar surface area (TPSA) is 39.7 Å². The summed E-state index contributed by atoms with van der Waals surface area (Å²) in [5.41, 5.74) is 2.30. The van der Waals surface area contributed by atoms with E-state index in [4.69, 9.17) is 14.2 Å². The zero-order valence-corrected chi connectivity index (χ0v) is 13.4. The molecular formula is C18H23NO3. The summed E-state index contributed by atoms with van der Waals surface area (Å²) < 4.78 is 16.2. The first kappa shape index (κ1) is 16.2. The fraction of sp³-hybridized carbons (Fsp3) is 0.333. The van der Waals surface area contributed by atoms with Gasteiger partial charge in [0.25, 0.3) is 0 Å². The van der Waals surface area contributed by atoms with E-state index in [1.807, 2.05) is 31.2 Å². The molecule has 0 saturated carbocycles. The molecule has 2 aromatic carbocycles. The average Bonchev–Trinajstić information content (AvgIpc) is 2.57. The molecule has 0 fully saturated rings. The van der Waals surface area contributed by atoms with Crippen LogP contribution in [0.1, 0.15) is 18.1 Å². The second-order valence-corrected chi connectivity index (χ2v) is 4.83. The number of hydrogen-bond donors (Lipinski definition) is 1. The molecular weight excluding hydrogens is 278 g/mol. The third-order valence-corrected chi connectivity index (χ3v) is 3.37.